The fourth-order valence-corrected chi connectivity index (χ4v) is 4.64. The summed E-state index contributed by atoms with van der Waals surface area (Å²) in [6, 6.07) is 3.56. The predicted octanol–water partition coefficient (Wildman–Crippen LogP) is 1.38. The molecule has 8 nitrogen and oxygen atoms in total. The zero-order valence-electron chi connectivity index (χ0n) is 17.3. The van der Waals surface area contributed by atoms with E-state index in [1.807, 2.05) is 4.90 Å². The van der Waals surface area contributed by atoms with Crippen molar-refractivity contribution in [3.63, 3.8) is 0 Å². The van der Waals surface area contributed by atoms with E-state index in [4.69, 9.17) is 11.1 Å². The van der Waals surface area contributed by atoms with E-state index in [0.29, 0.717) is 53.4 Å². The lowest BCUT2D eigenvalue weighted by molar-refractivity contribution is 0.406. The molecular formula is C21H27FN6O2. The number of nitrogen functional groups attached to an aromatic ring is 1. The van der Waals surface area contributed by atoms with E-state index < -0.39 is 17.1 Å². The molecule has 2 aromatic rings. The van der Waals surface area contributed by atoms with Gasteiger partial charge in [0.15, 0.2) is 0 Å². The summed E-state index contributed by atoms with van der Waals surface area (Å²) in [5.74, 6) is 5.54. The van der Waals surface area contributed by atoms with E-state index in [9.17, 15) is 9.59 Å². The van der Waals surface area contributed by atoms with E-state index in [0.717, 1.165) is 19.3 Å². The Bertz CT molecular complexity index is 1140. The number of nitriles is 1. The molecule has 2 fully saturated rings. The van der Waals surface area contributed by atoms with Crippen LogP contribution in [0.1, 0.15) is 44.2 Å². The minimum atomic E-state index is -0.671. The Kier molecular flexibility index (Phi) is 5.28. The van der Waals surface area contributed by atoms with E-state index >= 15 is 4.39 Å². The van der Waals surface area contributed by atoms with Crippen molar-refractivity contribution in [2.45, 2.75) is 51.6 Å². The highest BCUT2D eigenvalue weighted by Crippen LogP contribution is 2.39. The van der Waals surface area contributed by atoms with Crippen molar-refractivity contribution in [2.24, 2.45) is 5.92 Å². The zero-order valence-corrected chi connectivity index (χ0v) is 17.3. The molecule has 1 aromatic heterocycles. The van der Waals surface area contributed by atoms with Crippen LogP contribution >= 0.6 is 0 Å². The summed E-state index contributed by atoms with van der Waals surface area (Å²) in [5.41, 5.74) is 0.337. The lowest BCUT2D eigenvalue weighted by Crippen LogP contribution is -2.44. The molecule has 1 saturated carbocycles. The number of nitrogens with zero attached hydrogens (tertiary/aromatic N) is 4. The predicted molar refractivity (Wildman–Crippen MR) is 114 cm³/mol. The number of anilines is 1. The Morgan fingerprint density at radius 1 is 1.37 bits per heavy atom. The van der Waals surface area contributed by atoms with Gasteiger partial charge in [0.05, 0.1) is 22.7 Å². The van der Waals surface area contributed by atoms with Crippen LogP contribution in [0.25, 0.3) is 10.9 Å². The molecule has 0 radical (unpaired) electrons. The summed E-state index contributed by atoms with van der Waals surface area (Å²) in [4.78, 5) is 27.3. The average Bonchev–Trinajstić information content (AvgIpc) is 3.44. The van der Waals surface area contributed by atoms with Gasteiger partial charge in [-0.3, -0.25) is 9.36 Å². The molecule has 3 N–H and O–H groups in total. The number of nitrogens with one attached hydrogen (secondary N) is 1. The number of rotatable bonds is 6. The van der Waals surface area contributed by atoms with E-state index in [1.165, 1.54) is 6.07 Å². The third-order valence-corrected chi connectivity index (χ3v) is 6.43. The van der Waals surface area contributed by atoms with Gasteiger partial charge in [-0.15, -0.1) is 0 Å². The average molecular weight is 414 g/mol. The molecule has 1 aliphatic carbocycles. The highest BCUT2D eigenvalue weighted by molar-refractivity contribution is 5.87. The number of nitrogens with two attached hydrogens (primary N) is 1. The van der Waals surface area contributed by atoms with E-state index in [-0.39, 0.29) is 17.5 Å². The quantitative estimate of drug-likeness (QED) is 0.546. The van der Waals surface area contributed by atoms with Gasteiger partial charge in [-0.2, -0.15) is 9.94 Å². The summed E-state index contributed by atoms with van der Waals surface area (Å²) < 4.78 is 17.3. The summed E-state index contributed by atoms with van der Waals surface area (Å²) in [7, 11) is 0. The van der Waals surface area contributed by atoms with Crippen LogP contribution in [0.2, 0.25) is 0 Å². The van der Waals surface area contributed by atoms with Gasteiger partial charge in [0.25, 0.3) is 5.56 Å². The first kappa shape index (κ1) is 20.4. The molecule has 1 aliphatic heterocycles. The topological polar surface area (TPSA) is 109 Å². The Labute approximate surface area is 173 Å². The number of benzene rings is 1. The van der Waals surface area contributed by atoms with Gasteiger partial charge in [-0.05, 0) is 45.1 Å². The van der Waals surface area contributed by atoms with Crippen LogP contribution in [0.5, 0.6) is 0 Å². The third kappa shape index (κ3) is 3.35. The molecule has 9 heteroatoms. The van der Waals surface area contributed by atoms with Gasteiger partial charge in [0, 0.05) is 43.7 Å². The van der Waals surface area contributed by atoms with Gasteiger partial charge in [-0.25, -0.2) is 9.18 Å². The van der Waals surface area contributed by atoms with Crippen molar-refractivity contribution in [1.29, 1.82) is 5.26 Å². The molecule has 160 valence electrons. The van der Waals surface area contributed by atoms with Gasteiger partial charge < -0.3 is 16.1 Å². The van der Waals surface area contributed by atoms with Crippen molar-refractivity contribution in [1.82, 2.24) is 14.6 Å². The highest BCUT2D eigenvalue weighted by Gasteiger charge is 2.33. The second-order valence-corrected chi connectivity index (χ2v) is 8.43. The minimum absolute atomic E-state index is 0.00287. The van der Waals surface area contributed by atoms with Gasteiger partial charge in [-0.1, -0.05) is 0 Å². The molecule has 1 unspecified atom stereocenters. The molecule has 1 aromatic carbocycles. The normalized spacial score (nSPS) is 19.9. The maximum atomic E-state index is 15.2. The summed E-state index contributed by atoms with van der Waals surface area (Å²) in [5, 5.41) is 12.2. The lowest BCUT2D eigenvalue weighted by Gasteiger charge is -2.25. The SMILES string of the molecule is Cc1c(N2CC[C@@H](C(C)NCCC#N)C2)c(F)cc2c(=O)n(N)c(=O)n(C3CC3)c12. The molecule has 1 saturated heterocycles. The van der Waals surface area contributed by atoms with Crippen LogP contribution in [0.15, 0.2) is 15.7 Å². The first-order valence-electron chi connectivity index (χ1n) is 10.5. The lowest BCUT2D eigenvalue weighted by atomic mass is 10.0. The first-order valence-corrected chi connectivity index (χ1v) is 10.5. The number of halogens is 1. The highest BCUT2D eigenvalue weighted by atomic mass is 19.1. The minimum Gasteiger partial charge on any atom is -0.369 e. The second kappa shape index (κ2) is 7.76. The monoisotopic (exact) mass is 414 g/mol. The van der Waals surface area contributed by atoms with Crippen molar-refractivity contribution in [3.8, 4) is 6.07 Å². The van der Waals surface area contributed by atoms with Crippen LogP contribution in [-0.2, 0) is 0 Å². The Balaban J connectivity index is 1.74. The molecule has 0 amide bonds. The van der Waals surface area contributed by atoms with Crippen LogP contribution in [-0.4, -0.2) is 34.9 Å². The summed E-state index contributed by atoms with van der Waals surface area (Å²) >= 11 is 0. The van der Waals surface area contributed by atoms with Crippen LogP contribution in [0.3, 0.4) is 0 Å². The summed E-state index contributed by atoms with van der Waals surface area (Å²) in [6.45, 7) is 5.87. The second-order valence-electron chi connectivity index (χ2n) is 8.43. The molecule has 30 heavy (non-hydrogen) atoms. The maximum Gasteiger partial charge on any atom is 0.350 e. The first-order chi connectivity index (χ1) is 14.3. The van der Waals surface area contributed by atoms with Crippen LogP contribution in [0, 0.1) is 30.0 Å². The number of aryl methyl sites for hydroxylation is 1. The van der Waals surface area contributed by atoms with Crippen molar-refractivity contribution >= 4 is 16.6 Å². The van der Waals surface area contributed by atoms with E-state index in [1.54, 1.807) is 11.5 Å². The number of hydrogen-bond donors (Lipinski definition) is 2. The van der Waals surface area contributed by atoms with Gasteiger partial charge in [0.2, 0.25) is 0 Å². The van der Waals surface area contributed by atoms with Crippen LogP contribution < -0.4 is 27.3 Å². The van der Waals surface area contributed by atoms with Gasteiger partial charge in [0.1, 0.15) is 5.82 Å². The molecular weight excluding hydrogens is 387 g/mol. The Hall–Kier alpha value is -2.86. The molecule has 2 atom stereocenters. The fraction of sp³-hybridized carbons (Fsp3) is 0.571. The molecule has 2 aliphatic rings. The van der Waals surface area contributed by atoms with Crippen molar-refractivity contribution in [2.75, 3.05) is 30.4 Å². The maximum absolute atomic E-state index is 15.2. The number of aromatic nitrogens is 2. The van der Waals surface area contributed by atoms with Gasteiger partial charge >= 0.3 is 5.69 Å². The van der Waals surface area contributed by atoms with E-state index in [2.05, 4.69) is 18.3 Å². The molecule has 0 spiro atoms. The Morgan fingerprint density at radius 3 is 2.77 bits per heavy atom. The number of fused-ring (bicyclic) bond motifs is 1. The van der Waals surface area contributed by atoms with Crippen LogP contribution in [0.4, 0.5) is 10.1 Å². The zero-order chi connectivity index (χ0) is 21.6. The largest absolute Gasteiger partial charge is 0.369 e. The fourth-order valence-electron chi connectivity index (χ4n) is 4.64. The van der Waals surface area contributed by atoms with Crippen molar-refractivity contribution < 1.29 is 4.39 Å². The Morgan fingerprint density at radius 2 is 2.10 bits per heavy atom. The summed E-state index contributed by atoms with van der Waals surface area (Å²) in [6.07, 6.45) is 3.04. The smallest absolute Gasteiger partial charge is 0.350 e. The third-order valence-electron chi connectivity index (χ3n) is 6.43. The molecule has 2 heterocycles. The van der Waals surface area contributed by atoms with Crippen molar-refractivity contribution in [3.05, 3.63) is 38.3 Å². The molecule has 0 bridgehead atoms. The standard InChI is InChI=1S/C21H27FN6O2/c1-12-18-16(20(29)28(24)21(30)27(18)15-4-5-15)10-17(22)19(12)26-9-6-14(11-26)13(2)25-8-3-7-23/h10,13-15,25H,3-6,8-9,11,24H2,1-2H3/t13?,14-/m1/s1. The number of hydrogen-bond acceptors (Lipinski definition) is 6. The molecule has 4 rings (SSSR count).